The van der Waals surface area contributed by atoms with E-state index in [9.17, 15) is 22.4 Å². The average molecular weight is 308 g/mol. The highest BCUT2D eigenvalue weighted by Crippen LogP contribution is 2.35. The molecule has 110 valence electrons. The maximum Gasteiger partial charge on any atom is 0.419 e. The number of nitriles is 1. The van der Waals surface area contributed by atoms with Gasteiger partial charge in [0.1, 0.15) is 11.2 Å². The van der Waals surface area contributed by atoms with Crippen molar-refractivity contribution in [1.29, 1.82) is 5.26 Å². The number of alkyl halides is 3. The molecule has 1 rings (SSSR count). The van der Waals surface area contributed by atoms with Crippen LogP contribution in [-0.2, 0) is 6.18 Å². The van der Waals surface area contributed by atoms with E-state index in [4.69, 9.17) is 5.26 Å². The molecule has 0 saturated heterocycles. The lowest BCUT2D eigenvalue weighted by molar-refractivity contribution is -0.140. The van der Waals surface area contributed by atoms with E-state index in [2.05, 4.69) is 0 Å². The van der Waals surface area contributed by atoms with Crippen LogP contribution in [0.15, 0.2) is 17.0 Å². The van der Waals surface area contributed by atoms with Gasteiger partial charge in [0, 0.05) is 4.90 Å². The van der Waals surface area contributed by atoms with Gasteiger partial charge in [-0.3, -0.25) is 4.79 Å². The summed E-state index contributed by atoms with van der Waals surface area (Å²) in [6.45, 7) is 0. The first kappa shape index (κ1) is 18.4. The second-order valence-corrected chi connectivity index (χ2v) is 4.88. The Balaban J connectivity index is 0.000000796. The Morgan fingerprint density at radius 1 is 1.30 bits per heavy atom. The fourth-order valence-corrected chi connectivity index (χ4v) is 1.49. The van der Waals surface area contributed by atoms with Crippen molar-refractivity contribution >= 4 is 18.0 Å². The minimum Gasteiger partial charge on any atom is -0.312 e. The smallest absolute Gasteiger partial charge is 0.312 e. The summed E-state index contributed by atoms with van der Waals surface area (Å²) in [7, 11) is 6.00. The quantitative estimate of drug-likeness (QED) is 0.363. The van der Waals surface area contributed by atoms with E-state index in [-0.39, 0.29) is 11.2 Å². The molecule has 3 nitrogen and oxygen atoms in total. The van der Waals surface area contributed by atoms with Crippen molar-refractivity contribution in [3.8, 4) is 5.40 Å². The molecule has 1 aromatic carbocycles. The van der Waals surface area contributed by atoms with E-state index in [1.165, 1.54) is 0 Å². The fraction of sp³-hybridized carbons (Fsp3) is 0.333. The predicted octanol–water partition coefficient (Wildman–Crippen LogP) is 3.41. The number of carbonyl (C=O) groups excluding carboxylic acids is 1. The molecule has 0 atom stereocenters. The minimum absolute atomic E-state index is 0.0218. The molecule has 0 bridgehead atoms. The molecule has 20 heavy (non-hydrogen) atoms. The van der Waals surface area contributed by atoms with Gasteiger partial charge in [0.2, 0.25) is 0 Å². The monoisotopic (exact) mass is 308 g/mol. The Morgan fingerprint density at radius 2 is 1.80 bits per heavy atom. The normalized spacial score (nSPS) is 10.6. The number of thiocyanates is 1. The Kier molecular flexibility index (Phi) is 7.24. The first-order chi connectivity index (χ1) is 9.13. The molecule has 0 spiro atoms. The van der Waals surface area contributed by atoms with Gasteiger partial charge in [0.25, 0.3) is 0 Å². The van der Waals surface area contributed by atoms with Gasteiger partial charge >= 0.3 is 6.18 Å². The van der Waals surface area contributed by atoms with Crippen LogP contribution in [0.3, 0.4) is 0 Å². The third-order valence-corrected chi connectivity index (χ3v) is 2.23. The molecule has 0 fully saturated rings. The first-order valence-electron chi connectivity index (χ1n) is 5.16. The van der Waals surface area contributed by atoms with Gasteiger partial charge in [-0.1, -0.05) is 0 Å². The summed E-state index contributed by atoms with van der Waals surface area (Å²) in [5.41, 5.74) is -2.26. The van der Waals surface area contributed by atoms with Crippen molar-refractivity contribution in [2.45, 2.75) is 11.1 Å². The number of halogens is 4. The van der Waals surface area contributed by atoms with Crippen LogP contribution in [0.2, 0.25) is 0 Å². The predicted molar refractivity (Wildman–Crippen MR) is 67.9 cm³/mol. The fourth-order valence-electron chi connectivity index (χ4n) is 1.02. The van der Waals surface area contributed by atoms with Gasteiger partial charge in [-0.15, -0.1) is 0 Å². The number of thioether (sulfide) groups is 1. The van der Waals surface area contributed by atoms with E-state index in [1.54, 1.807) is 5.40 Å². The molecule has 0 aliphatic heterocycles. The number of carbonyl (C=O) groups is 1. The summed E-state index contributed by atoms with van der Waals surface area (Å²) in [5.74, 6) is -1.62. The molecular formula is C12H12F4N2OS. The van der Waals surface area contributed by atoms with Crippen LogP contribution < -0.4 is 0 Å². The number of nitrogens with zero attached hydrogens (tertiary/aromatic N) is 2. The Bertz CT molecular complexity index is 507. The lowest BCUT2D eigenvalue weighted by Crippen LogP contribution is -2.10. The standard InChI is InChI=1S/C9H3F4NOS.C3H9N/c10-8-5(3-15)1-6(16-4-14)2-7(8)9(11,12)13;1-4(2)3/h1-3H;1-3H3. The molecular weight excluding hydrogens is 296 g/mol. The topological polar surface area (TPSA) is 44.1 Å². The highest BCUT2D eigenvalue weighted by atomic mass is 32.2. The van der Waals surface area contributed by atoms with E-state index in [0.29, 0.717) is 17.8 Å². The largest absolute Gasteiger partial charge is 0.419 e. The van der Waals surface area contributed by atoms with Crippen molar-refractivity contribution in [3.05, 3.63) is 29.1 Å². The Morgan fingerprint density at radius 3 is 2.15 bits per heavy atom. The summed E-state index contributed by atoms with van der Waals surface area (Å²) in [5, 5.41) is 9.84. The Hall–Kier alpha value is -1.59. The van der Waals surface area contributed by atoms with Crippen LogP contribution in [0.5, 0.6) is 0 Å². The summed E-state index contributed by atoms with van der Waals surface area (Å²) in [4.78, 5) is 12.2. The zero-order valence-electron chi connectivity index (χ0n) is 11.0. The number of hydrogen-bond donors (Lipinski definition) is 0. The summed E-state index contributed by atoms with van der Waals surface area (Å²) in [6, 6.07) is 1.39. The number of aldehydes is 1. The van der Waals surface area contributed by atoms with E-state index in [0.717, 1.165) is 6.07 Å². The molecule has 0 aliphatic rings. The first-order valence-corrected chi connectivity index (χ1v) is 5.97. The summed E-state index contributed by atoms with van der Waals surface area (Å²) >= 11 is 0.424. The van der Waals surface area contributed by atoms with Gasteiger partial charge in [0.15, 0.2) is 6.29 Å². The third-order valence-electron chi connectivity index (χ3n) is 1.67. The van der Waals surface area contributed by atoms with E-state index in [1.807, 2.05) is 26.0 Å². The zero-order chi connectivity index (χ0) is 15.9. The lowest BCUT2D eigenvalue weighted by atomic mass is 10.1. The maximum absolute atomic E-state index is 13.1. The van der Waals surface area contributed by atoms with Gasteiger partial charge in [0.05, 0.1) is 11.1 Å². The highest BCUT2D eigenvalue weighted by Gasteiger charge is 2.35. The molecule has 0 aromatic heterocycles. The summed E-state index contributed by atoms with van der Waals surface area (Å²) < 4.78 is 50.2. The van der Waals surface area contributed by atoms with Gasteiger partial charge < -0.3 is 4.90 Å². The van der Waals surface area contributed by atoms with Crippen LogP contribution in [0, 0.1) is 16.5 Å². The van der Waals surface area contributed by atoms with Crippen LogP contribution in [-0.4, -0.2) is 32.3 Å². The van der Waals surface area contributed by atoms with Crippen LogP contribution >= 0.6 is 11.8 Å². The number of benzene rings is 1. The van der Waals surface area contributed by atoms with E-state index >= 15 is 0 Å². The van der Waals surface area contributed by atoms with Crippen molar-refractivity contribution in [2.75, 3.05) is 21.1 Å². The average Bonchev–Trinajstić information content (AvgIpc) is 2.29. The lowest BCUT2D eigenvalue weighted by Gasteiger charge is -2.10. The van der Waals surface area contributed by atoms with Crippen LogP contribution in [0.1, 0.15) is 15.9 Å². The minimum atomic E-state index is -4.89. The SMILES string of the molecule is CN(C)C.N#CSc1cc(C=O)c(F)c(C(F)(F)F)c1. The van der Waals surface area contributed by atoms with Crippen molar-refractivity contribution in [3.63, 3.8) is 0 Å². The molecule has 0 unspecified atom stereocenters. The molecule has 8 heteroatoms. The van der Waals surface area contributed by atoms with Crippen LogP contribution in [0.4, 0.5) is 17.6 Å². The van der Waals surface area contributed by atoms with Gasteiger partial charge in [-0.05, 0) is 45.0 Å². The second kappa shape index (κ2) is 7.87. The van der Waals surface area contributed by atoms with Crippen molar-refractivity contribution in [1.82, 2.24) is 4.90 Å². The molecule has 0 saturated carbocycles. The number of rotatable bonds is 2. The second-order valence-electron chi connectivity index (χ2n) is 4.02. The number of hydrogen-bond acceptors (Lipinski definition) is 4. The third kappa shape index (κ3) is 6.04. The van der Waals surface area contributed by atoms with Crippen molar-refractivity contribution in [2.24, 2.45) is 0 Å². The molecule has 0 N–H and O–H groups in total. The highest BCUT2D eigenvalue weighted by molar-refractivity contribution is 8.03. The zero-order valence-corrected chi connectivity index (χ0v) is 11.8. The van der Waals surface area contributed by atoms with Crippen molar-refractivity contribution < 1.29 is 22.4 Å². The van der Waals surface area contributed by atoms with E-state index < -0.39 is 23.1 Å². The van der Waals surface area contributed by atoms with Gasteiger partial charge in [-0.2, -0.15) is 18.4 Å². The maximum atomic E-state index is 13.1. The molecule has 0 aliphatic carbocycles. The molecule has 0 heterocycles. The molecule has 0 radical (unpaired) electrons. The Labute approximate surface area is 118 Å². The summed E-state index contributed by atoms with van der Waals surface area (Å²) in [6.07, 6.45) is -4.92. The van der Waals surface area contributed by atoms with Crippen LogP contribution in [0.25, 0.3) is 0 Å². The van der Waals surface area contributed by atoms with Gasteiger partial charge in [-0.25, -0.2) is 4.39 Å². The molecule has 0 amide bonds. The molecule has 1 aromatic rings.